The zero-order chi connectivity index (χ0) is 24.3. The van der Waals surface area contributed by atoms with Crippen LogP contribution in [0.4, 0.5) is 22.5 Å². The topological polar surface area (TPSA) is 126 Å². The van der Waals surface area contributed by atoms with Gasteiger partial charge in [-0.25, -0.2) is 28.1 Å². The molecule has 4 aromatic rings. The number of aromatic nitrogens is 3. The third-order valence-electron chi connectivity index (χ3n) is 4.66. The fourth-order valence-corrected chi connectivity index (χ4v) is 4.99. The summed E-state index contributed by atoms with van der Waals surface area (Å²) in [5, 5.41) is 6.48. The van der Waals surface area contributed by atoms with Crippen LogP contribution in [-0.2, 0) is 10.0 Å². The van der Waals surface area contributed by atoms with Crippen LogP contribution >= 0.6 is 11.3 Å². The van der Waals surface area contributed by atoms with Crippen molar-refractivity contribution in [3.8, 4) is 0 Å². The van der Waals surface area contributed by atoms with Gasteiger partial charge in [-0.15, -0.1) is 0 Å². The Balaban J connectivity index is 1.45. The van der Waals surface area contributed by atoms with Crippen molar-refractivity contribution in [2.75, 3.05) is 15.4 Å². The molecule has 0 fully saturated rings. The smallest absolute Gasteiger partial charge is 0.267 e. The van der Waals surface area contributed by atoms with Crippen LogP contribution in [0.1, 0.15) is 26.8 Å². The minimum Gasteiger partial charge on any atom is -0.332 e. The lowest BCUT2D eigenvalue weighted by Gasteiger charge is -2.09. The van der Waals surface area contributed by atoms with E-state index in [-0.39, 0.29) is 16.8 Å². The monoisotopic (exact) mass is 494 g/mol. The van der Waals surface area contributed by atoms with Gasteiger partial charge in [-0.1, -0.05) is 29.5 Å². The second kappa shape index (κ2) is 9.57. The molecular formula is C23H22N6O3S2. The maximum Gasteiger partial charge on any atom is 0.267 e. The van der Waals surface area contributed by atoms with Crippen LogP contribution in [0.25, 0.3) is 0 Å². The number of hydrogen-bond donors (Lipinski definition) is 3. The maximum absolute atomic E-state index is 12.7. The van der Waals surface area contributed by atoms with Gasteiger partial charge < -0.3 is 10.6 Å². The number of carbonyl (C=O) groups excluding carboxylic acids is 1. The van der Waals surface area contributed by atoms with Gasteiger partial charge in [0.05, 0.1) is 10.6 Å². The summed E-state index contributed by atoms with van der Waals surface area (Å²) in [5.74, 6) is -0.213. The number of amides is 1. The number of thiazole rings is 1. The van der Waals surface area contributed by atoms with Crippen molar-refractivity contribution in [2.45, 2.75) is 25.7 Å². The van der Waals surface area contributed by atoms with Crippen LogP contribution < -0.4 is 15.4 Å². The summed E-state index contributed by atoms with van der Waals surface area (Å²) in [6, 6.07) is 17.1. The Morgan fingerprint density at radius 1 is 0.853 bits per heavy atom. The van der Waals surface area contributed by atoms with E-state index in [1.807, 2.05) is 30.3 Å². The highest BCUT2D eigenvalue weighted by molar-refractivity contribution is 7.92. The number of anilines is 4. The third-order valence-corrected chi connectivity index (χ3v) is 7.07. The standard InChI is InChI=1S/C23H22N6O3S2/c1-14-13-15(2)25-22(24-14)29-34(31,32)19-11-9-18(10-12-19)28-23-26-16(3)20(33-23)21(30)27-17-7-5-4-6-8-17/h4-13H,1-3H3,(H,26,28)(H,27,30)(H,24,25,29). The molecule has 4 rings (SSSR count). The molecule has 0 saturated heterocycles. The van der Waals surface area contributed by atoms with Crippen molar-refractivity contribution in [3.63, 3.8) is 0 Å². The zero-order valence-electron chi connectivity index (χ0n) is 18.7. The molecule has 3 N–H and O–H groups in total. The molecule has 2 aromatic carbocycles. The van der Waals surface area contributed by atoms with Crippen LogP contribution in [0.3, 0.4) is 0 Å². The van der Waals surface area contributed by atoms with Crippen molar-refractivity contribution in [2.24, 2.45) is 0 Å². The van der Waals surface area contributed by atoms with Gasteiger partial charge in [-0.05, 0) is 63.2 Å². The van der Waals surface area contributed by atoms with Crippen molar-refractivity contribution in [3.05, 3.63) is 82.6 Å². The van der Waals surface area contributed by atoms with E-state index in [9.17, 15) is 13.2 Å². The fourth-order valence-electron chi connectivity index (χ4n) is 3.16. The first-order valence-electron chi connectivity index (χ1n) is 10.3. The largest absolute Gasteiger partial charge is 0.332 e. The van der Waals surface area contributed by atoms with Gasteiger partial charge in [0, 0.05) is 22.8 Å². The molecule has 174 valence electrons. The van der Waals surface area contributed by atoms with Crippen LogP contribution in [0, 0.1) is 20.8 Å². The predicted molar refractivity (Wildman–Crippen MR) is 133 cm³/mol. The second-order valence-electron chi connectivity index (χ2n) is 7.48. The molecule has 0 saturated carbocycles. The summed E-state index contributed by atoms with van der Waals surface area (Å²) in [7, 11) is -3.85. The first kappa shape index (κ1) is 23.3. The van der Waals surface area contributed by atoms with Crippen LogP contribution in [0.5, 0.6) is 0 Å². The Hall–Kier alpha value is -3.83. The molecule has 0 bridgehead atoms. The Morgan fingerprint density at radius 2 is 1.50 bits per heavy atom. The summed E-state index contributed by atoms with van der Waals surface area (Å²) in [4.78, 5) is 25.8. The van der Waals surface area contributed by atoms with Gasteiger partial charge in [0.25, 0.3) is 15.9 Å². The van der Waals surface area contributed by atoms with Crippen LogP contribution in [-0.4, -0.2) is 29.3 Å². The Kier molecular flexibility index (Phi) is 6.57. The Morgan fingerprint density at radius 3 is 2.15 bits per heavy atom. The van der Waals surface area contributed by atoms with Gasteiger partial charge in [-0.3, -0.25) is 4.79 Å². The van der Waals surface area contributed by atoms with Crippen molar-refractivity contribution < 1.29 is 13.2 Å². The Labute approximate surface area is 201 Å². The van der Waals surface area contributed by atoms with E-state index in [1.54, 1.807) is 39.0 Å². The number of benzene rings is 2. The molecule has 2 aromatic heterocycles. The zero-order valence-corrected chi connectivity index (χ0v) is 20.3. The minimum absolute atomic E-state index is 0.0271. The van der Waals surface area contributed by atoms with E-state index in [4.69, 9.17) is 0 Å². The van der Waals surface area contributed by atoms with E-state index in [0.29, 0.717) is 38.5 Å². The van der Waals surface area contributed by atoms with E-state index in [1.165, 1.54) is 23.5 Å². The number of aryl methyl sites for hydroxylation is 3. The highest BCUT2D eigenvalue weighted by Gasteiger charge is 2.18. The lowest BCUT2D eigenvalue weighted by molar-refractivity contribution is 0.103. The summed E-state index contributed by atoms with van der Waals surface area (Å²) in [6.07, 6.45) is 0. The van der Waals surface area contributed by atoms with Gasteiger partial charge in [0.2, 0.25) is 5.95 Å². The first-order chi connectivity index (χ1) is 16.2. The number of para-hydroxylation sites is 1. The summed E-state index contributed by atoms with van der Waals surface area (Å²) >= 11 is 1.21. The maximum atomic E-state index is 12.7. The minimum atomic E-state index is -3.85. The van der Waals surface area contributed by atoms with E-state index >= 15 is 0 Å². The molecule has 2 heterocycles. The average Bonchev–Trinajstić information content (AvgIpc) is 3.14. The number of rotatable bonds is 7. The predicted octanol–water partition coefficient (Wildman–Crippen LogP) is 4.66. The highest BCUT2D eigenvalue weighted by atomic mass is 32.2. The fraction of sp³-hybridized carbons (Fsp3) is 0.130. The number of carbonyl (C=O) groups is 1. The molecule has 0 atom stereocenters. The van der Waals surface area contributed by atoms with Crippen molar-refractivity contribution >= 4 is 49.7 Å². The molecule has 0 radical (unpaired) electrons. The number of sulfonamides is 1. The van der Waals surface area contributed by atoms with E-state index in [0.717, 1.165) is 0 Å². The molecule has 0 aliphatic carbocycles. The van der Waals surface area contributed by atoms with Crippen LogP contribution in [0.2, 0.25) is 0 Å². The molecule has 1 amide bonds. The van der Waals surface area contributed by atoms with Gasteiger partial charge in [0.1, 0.15) is 4.88 Å². The summed E-state index contributed by atoms with van der Waals surface area (Å²) < 4.78 is 27.8. The SMILES string of the molecule is Cc1cc(C)nc(NS(=O)(=O)c2ccc(Nc3nc(C)c(C(=O)Nc4ccccc4)s3)cc2)n1. The number of nitrogens with one attached hydrogen (secondary N) is 3. The van der Waals surface area contributed by atoms with Gasteiger partial charge in [0.15, 0.2) is 5.13 Å². The molecule has 11 heteroatoms. The summed E-state index contributed by atoms with van der Waals surface area (Å²) in [6.45, 7) is 5.30. The molecule has 0 aliphatic heterocycles. The van der Waals surface area contributed by atoms with Crippen LogP contribution in [0.15, 0.2) is 65.6 Å². The van der Waals surface area contributed by atoms with Crippen molar-refractivity contribution in [1.29, 1.82) is 0 Å². The summed E-state index contributed by atoms with van der Waals surface area (Å²) in [5.41, 5.74) is 3.26. The third kappa shape index (κ3) is 5.56. The average molecular weight is 495 g/mol. The van der Waals surface area contributed by atoms with E-state index in [2.05, 4.69) is 30.3 Å². The van der Waals surface area contributed by atoms with E-state index < -0.39 is 10.0 Å². The second-order valence-corrected chi connectivity index (χ2v) is 10.2. The molecule has 0 spiro atoms. The lowest BCUT2D eigenvalue weighted by Crippen LogP contribution is -2.15. The molecule has 0 aliphatic rings. The first-order valence-corrected chi connectivity index (χ1v) is 12.6. The molecule has 34 heavy (non-hydrogen) atoms. The molecule has 0 unspecified atom stereocenters. The molecular weight excluding hydrogens is 472 g/mol. The number of nitrogens with zero attached hydrogens (tertiary/aromatic N) is 3. The number of hydrogen-bond acceptors (Lipinski definition) is 8. The van der Waals surface area contributed by atoms with Gasteiger partial charge in [-0.2, -0.15) is 0 Å². The molecule has 9 nitrogen and oxygen atoms in total. The van der Waals surface area contributed by atoms with Crippen molar-refractivity contribution in [1.82, 2.24) is 15.0 Å². The van der Waals surface area contributed by atoms with Gasteiger partial charge >= 0.3 is 0 Å². The quantitative estimate of drug-likeness (QED) is 0.341. The highest BCUT2D eigenvalue weighted by Crippen LogP contribution is 2.27. The normalized spacial score (nSPS) is 11.1. The Bertz CT molecular complexity index is 1420. The lowest BCUT2D eigenvalue weighted by atomic mass is 10.3.